The van der Waals surface area contributed by atoms with Crippen LogP contribution in [0.5, 0.6) is 11.5 Å². The van der Waals surface area contributed by atoms with Gasteiger partial charge in [-0.3, -0.25) is 14.9 Å². The Hall–Kier alpha value is -3.99. The number of hydrogen-bond acceptors (Lipinski definition) is 7. The number of nitro groups is 1. The zero-order chi connectivity index (χ0) is 24.4. The highest BCUT2D eigenvalue weighted by Gasteiger charge is 2.21. The average Bonchev–Trinajstić information content (AvgIpc) is 3.39. The fourth-order valence-corrected chi connectivity index (χ4v) is 4.69. The first-order valence-electron chi connectivity index (χ1n) is 10.2. The summed E-state index contributed by atoms with van der Waals surface area (Å²) in [6.45, 7) is 2.03. The molecular weight excluding hydrogens is 463 g/mol. The maximum atomic E-state index is 13.3. The van der Waals surface area contributed by atoms with Crippen molar-refractivity contribution in [2.24, 2.45) is 0 Å². The molecule has 0 fully saturated rings. The number of nitrogens with zero attached hydrogens (tertiary/aromatic N) is 3. The maximum Gasteiger partial charge on any atom is 0.276 e. The third-order valence-corrected chi connectivity index (χ3v) is 6.41. The zero-order valence-electron chi connectivity index (χ0n) is 18.6. The molecule has 0 saturated heterocycles. The SMILES string of the molecule is COc1cc(CCNC(=O)c2cc3c(C)nn(-c4ccc(F)cc4)c3s2)c([N+](=O)[O-])cc1OC. The van der Waals surface area contributed by atoms with Crippen LogP contribution >= 0.6 is 11.3 Å². The lowest BCUT2D eigenvalue weighted by atomic mass is 10.1. The quantitative estimate of drug-likeness (QED) is 0.293. The minimum Gasteiger partial charge on any atom is -0.493 e. The Labute approximate surface area is 197 Å². The van der Waals surface area contributed by atoms with E-state index in [-0.39, 0.29) is 36.1 Å². The number of hydrogen-bond donors (Lipinski definition) is 1. The van der Waals surface area contributed by atoms with Gasteiger partial charge in [0.25, 0.3) is 11.6 Å². The van der Waals surface area contributed by atoms with Gasteiger partial charge in [0, 0.05) is 17.5 Å². The molecule has 0 aliphatic heterocycles. The van der Waals surface area contributed by atoms with Gasteiger partial charge >= 0.3 is 0 Å². The molecule has 4 aromatic rings. The fraction of sp³-hybridized carbons (Fsp3) is 0.217. The number of methoxy groups -OCH3 is 2. The van der Waals surface area contributed by atoms with Crippen molar-refractivity contribution in [3.8, 4) is 17.2 Å². The molecule has 0 aliphatic carbocycles. The number of rotatable bonds is 8. The predicted octanol–water partition coefficient (Wildman–Crippen LogP) is 4.43. The largest absolute Gasteiger partial charge is 0.493 e. The Bertz CT molecular complexity index is 1380. The molecule has 0 saturated carbocycles. The van der Waals surface area contributed by atoms with Crippen LogP contribution in [0.2, 0.25) is 0 Å². The van der Waals surface area contributed by atoms with Crippen LogP contribution in [0.15, 0.2) is 42.5 Å². The number of carbonyl (C=O) groups is 1. The Morgan fingerprint density at radius 1 is 1.18 bits per heavy atom. The van der Waals surface area contributed by atoms with Gasteiger partial charge in [-0.15, -0.1) is 11.3 Å². The average molecular weight is 485 g/mol. The summed E-state index contributed by atoms with van der Waals surface area (Å²) in [6, 6.07) is 10.6. The van der Waals surface area contributed by atoms with Gasteiger partial charge in [-0.2, -0.15) is 5.10 Å². The van der Waals surface area contributed by atoms with Crippen molar-refractivity contribution in [2.45, 2.75) is 13.3 Å². The summed E-state index contributed by atoms with van der Waals surface area (Å²) in [5.74, 6) is -0.00296. The van der Waals surface area contributed by atoms with Gasteiger partial charge in [0.05, 0.1) is 41.5 Å². The van der Waals surface area contributed by atoms with Gasteiger partial charge in [-0.1, -0.05) is 0 Å². The van der Waals surface area contributed by atoms with E-state index in [0.29, 0.717) is 21.9 Å². The molecule has 1 N–H and O–H groups in total. The van der Waals surface area contributed by atoms with E-state index < -0.39 is 4.92 Å². The summed E-state index contributed by atoms with van der Waals surface area (Å²) < 4.78 is 25.3. The molecule has 11 heteroatoms. The molecule has 0 aliphatic rings. The number of nitrogens with one attached hydrogen (secondary N) is 1. The minimum absolute atomic E-state index is 0.108. The molecule has 2 aromatic heterocycles. The van der Waals surface area contributed by atoms with Crippen molar-refractivity contribution in [1.29, 1.82) is 0 Å². The first-order valence-corrected chi connectivity index (χ1v) is 11.1. The second kappa shape index (κ2) is 9.48. The molecule has 0 unspecified atom stereocenters. The summed E-state index contributed by atoms with van der Waals surface area (Å²) in [5.41, 5.74) is 1.75. The molecule has 34 heavy (non-hydrogen) atoms. The van der Waals surface area contributed by atoms with Crippen LogP contribution in [-0.4, -0.2) is 41.4 Å². The number of ether oxygens (including phenoxy) is 2. The molecule has 0 spiro atoms. The van der Waals surface area contributed by atoms with Crippen molar-refractivity contribution in [3.63, 3.8) is 0 Å². The smallest absolute Gasteiger partial charge is 0.276 e. The van der Waals surface area contributed by atoms with Crippen LogP contribution in [-0.2, 0) is 6.42 Å². The monoisotopic (exact) mass is 484 g/mol. The Kier molecular flexibility index (Phi) is 6.46. The first-order chi connectivity index (χ1) is 16.3. The summed E-state index contributed by atoms with van der Waals surface area (Å²) in [7, 11) is 2.86. The third kappa shape index (κ3) is 4.42. The van der Waals surface area contributed by atoms with Crippen LogP contribution in [0.25, 0.3) is 15.9 Å². The highest BCUT2D eigenvalue weighted by Crippen LogP contribution is 2.35. The minimum atomic E-state index is -0.491. The van der Waals surface area contributed by atoms with Crippen molar-refractivity contribution in [2.75, 3.05) is 20.8 Å². The predicted molar refractivity (Wildman–Crippen MR) is 126 cm³/mol. The summed E-state index contributed by atoms with van der Waals surface area (Å²) >= 11 is 1.27. The first kappa shape index (κ1) is 23.2. The molecule has 2 heterocycles. The van der Waals surface area contributed by atoms with Gasteiger partial charge in [-0.25, -0.2) is 9.07 Å². The normalized spacial score (nSPS) is 10.9. The zero-order valence-corrected chi connectivity index (χ0v) is 19.4. The lowest BCUT2D eigenvalue weighted by Gasteiger charge is -2.11. The van der Waals surface area contributed by atoms with Crippen LogP contribution in [0.1, 0.15) is 20.9 Å². The van der Waals surface area contributed by atoms with E-state index in [1.54, 1.807) is 28.9 Å². The van der Waals surface area contributed by atoms with Crippen LogP contribution in [0.3, 0.4) is 0 Å². The number of benzene rings is 2. The lowest BCUT2D eigenvalue weighted by Crippen LogP contribution is -2.25. The number of nitro benzene ring substituents is 1. The molecule has 0 bridgehead atoms. The molecule has 1 amide bonds. The van der Waals surface area contributed by atoms with Crippen LogP contribution in [0, 0.1) is 22.9 Å². The summed E-state index contributed by atoms with van der Waals surface area (Å²) in [6.07, 6.45) is 0.232. The Morgan fingerprint density at radius 3 is 2.50 bits per heavy atom. The van der Waals surface area contributed by atoms with Gasteiger partial charge in [-0.05, 0) is 49.7 Å². The standard InChI is InChI=1S/C23H21FN4O5S/c1-13-17-11-21(34-23(17)27(26-13)16-6-4-15(24)5-7-16)22(29)25-9-8-14-10-19(32-2)20(33-3)12-18(14)28(30)31/h4-7,10-12H,8-9H2,1-3H3,(H,25,29). The topological polar surface area (TPSA) is 109 Å². The molecule has 4 rings (SSSR count). The second-order valence-corrected chi connectivity index (χ2v) is 8.43. The van der Waals surface area contributed by atoms with Gasteiger partial charge in [0.2, 0.25) is 0 Å². The summed E-state index contributed by atoms with van der Waals surface area (Å²) in [4.78, 5) is 25.0. The van der Waals surface area contributed by atoms with Crippen molar-refractivity contribution in [3.05, 3.63) is 74.5 Å². The van der Waals surface area contributed by atoms with Gasteiger partial charge in [0.1, 0.15) is 10.6 Å². The number of carbonyl (C=O) groups excluding carboxylic acids is 1. The highest BCUT2D eigenvalue weighted by molar-refractivity contribution is 7.20. The van der Waals surface area contributed by atoms with E-state index in [4.69, 9.17) is 9.47 Å². The molecule has 9 nitrogen and oxygen atoms in total. The second-order valence-electron chi connectivity index (χ2n) is 7.40. The maximum absolute atomic E-state index is 13.3. The Balaban J connectivity index is 1.52. The molecular formula is C23H21FN4O5S. The van der Waals surface area contributed by atoms with E-state index in [1.165, 1.54) is 43.8 Å². The third-order valence-electron chi connectivity index (χ3n) is 5.30. The van der Waals surface area contributed by atoms with E-state index in [9.17, 15) is 19.3 Å². The van der Waals surface area contributed by atoms with E-state index in [0.717, 1.165) is 15.9 Å². The number of fused-ring (bicyclic) bond motifs is 1. The van der Waals surface area contributed by atoms with Crippen molar-refractivity contribution < 1.29 is 23.6 Å². The number of halogens is 1. The van der Waals surface area contributed by atoms with Crippen LogP contribution < -0.4 is 14.8 Å². The van der Waals surface area contributed by atoms with Crippen LogP contribution in [0.4, 0.5) is 10.1 Å². The molecule has 0 radical (unpaired) electrons. The number of amides is 1. The van der Waals surface area contributed by atoms with Crippen molar-refractivity contribution in [1.82, 2.24) is 15.1 Å². The number of thiophene rings is 1. The van der Waals surface area contributed by atoms with E-state index >= 15 is 0 Å². The van der Waals surface area contributed by atoms with E-state index in [2.05, 4.69) is 10.4 Å². The number of aryl methyl sites for hydroxylation is 1. The van der Waals surface area contributed by atoms with Gasteiger partial charge < -0.3 is 14.8 Å². The number of aromatic nitrogens is 2. The van der Waals surface area contributed by atoms with E-state index in [1.807, 2.05) is 6.92 Å². The molecule has 2 aromatic carbocycles. The Morgan fingerprint density at radius 2 is 1.85 bits per heavy atom. The van der Waals surface area contributed by atoms with Crippen molar-refractivity contribution >= 4 is 33.1 Å². The summed E-state index contributed by atoms with van der Waals surface area (Å²) in [5, 5.41) is 19.6. The fourth-order valence-electron chi connectivity index (χ4n) is 3.59. The molecule has 0 atom stereocenters. The lowest BCUT2D eigenvalue weighted by molar-refractivity contribution is -0.385. The highest BCUT2D eigenvalue weighted by atomic mass is 32.1. The van der Waals surface area contributed by atoms with Gasteiger partial charge in [0.15, 0.2) is 11.5 Å². The molecule has 176 valence electrons.